The first kappa shape index (κ1) is 14.9. The molecule has 0 saturated carbocycles. The highest BCUT2D eigenvalue weighted by Gasteiger charge is 2.28. The van der Waals surface area contributed by atoms with Crippen LogP contribution in [0.2, 0.25) is 0 Å². The zero-order chi connectivity index (χ0) is 16.6. The van der Waals surface area contributed by atoms with Crippen LogP contribution in [0.4, 0.5) is 5.95 Å². The van der Waals surface area contributed by atoms with Gasteiger partial charge in [-0.25, -0.2) is 9.48 Å². The summed E-state index contributed by atoms with van der Waals surface area (Å²) in [5, 5.41) is 16.4. The van der Waals surface area contributed by atoms with Gasteiger partial charge >= 0.3 is 5.97 Å². The van der Waals surface area contributed by atoms with Crippen molar-refractivity contribution < 1.29 is 19.4 Å². The number of benzene rings is 1. The van der Waals surface area contributed by atoms with E-state index in [-0.39, 0.29) is 5.70 Å². The van der Waals surface area contributed by atoms with E-state index < -0.39 is 12.0 Å². The summed E-state index contributed by atoms with van der Waals surface area (Å²) in [7, 11) is 3.12. The third-order valence-electron chi connectivity index (χ3n) is 3.56. The van der Waals surface area contributed by atoms with Gasteiger partial charge in [0.15, 0.2) is 0 Å². The van der Waals surface area contributed by atoms with E-state index in [1.54, 1.807) is 50.1 Å². The summed E-state index contributed by atoms with van der Waals surface area (Å²) in [6.45, 7) is 1.74. The molecule has 0 spiro atoms. The van der Waals surface area contributed by atoms with Crippen molar-refractivity contribution >= 4 is 11.9 Å². The van der Waals surface area contributed by atoms with Crippen molar-refractivity contribution in [3.05, 3.63) is 41.4 Å². The molecule has 1 aromatic carbocycles. The number of carbonyl (C=O) groups is 1. The number of methoxy groups -OCH3 is 2. The number of ether oxygens (including phenoxy) is 2. The summed E-state index contributed by atoms with van der Waals surface area (Å²) in [5.74, 6) is 1.10. The van der Waals surface area contributed by atoms with E-state index in [1.807, 2.05) is 0 Å². The average Bonchev–Trinajstić information content (AvgIpc) is 2.93. The second kappa shape index (κ2) is 5.64. The van der Waals surface area contributed by atoms with Gasteiger partial charge in [-0.15, -0.1) is 0 Å². The molecule has 0 bridgehead atoms. The minimum Gasteiger partial charge on any atom is -0.497 e. The van der Waals surface area contributed by atoms with E-state index in [0.29, 0.717) is 23.3 Å². The van der Waals surface area contributed by atoms with E-state index in [1.165, 1.54) is 0 Å². The lowest BCUT2D eigenvalue weighted by Crippen LogP contribution is -2.24. The largest absolute Gasteiger partial charge is 0.497 e. The molecule has 2 heterocycles. The molecule has 120 valence electrons. The number of aryl methyl sites for hydroxylation is 1. The molecule has 1 atom stereocenters. The number of hydrogen-bond donors (Lipinski definition) is 2. The lowest BCUT2D eigenvalue weighted by Gasteiger charge is -2.24. The summed E-state index contributed by atoms with van der Waals surface area (Å²) >= 11 is 0. The number of carboxylic acid groups (broad SMARTS) is 1. The molecule has 1 unspecified atom stereocenters. The molecule has 8 heteroatoms. The predicted octanol–water partition coefficient (Wildman–Crippen LogP) is 1.59. The summed E-state index contributed by atoms with van der Waals surface area (Å²) in [6, 6.07) is 4.88. The van der Waals surface area contributed by atoms with Crippen molar-refractivity contribution in [2.75, 3.05) is 19.5 Å². The van der Waals surface area contributed by atoms with E-state index >= 15 is 0 Å². The SMILES string of the molecule is COc1ccc(OC)c(C2C=C(C(=O)O)Nc3nc(C)nn32)c1. The highest BCUT2D eigenvalue weighted by atomic mass is 16.5. The first-order valence-electron chi connectivity index (χ1n) is 6.90. The Morgan fingerprint density at radius 2 is 2.13 bits per heavy atom. The molecule has 0 aliphatic carbocycles. The van der Waals surface area contributed by atoms with Gasteiger partial charge in [0.1, 0.15) is 29.1 Å². The van der Waals surface area contributed by atoms with Crippen molar-refractivity contribution in [3.63, 3.8) is 0 Å². The Morgan fingerprint density at radius 1 is 1.35 bits per heavy atom. The van der Waals surface area contributed by atoms with Crippen LogP contribution in [-0.2, 0) is 4.79 Å². The van der Waals surface area contributed by atoms with Crippen LogP contribution in [0.15, 0.2) is 30.0 Å². The summed E-state index contributed by atoms with van der Waals surface area (Å²) < 4.78 is 12.3. The maximum Gasteiger partial charge on any atom is 0.352 e. The van der Waals surface area contributed by atoms with Crippen molar-refractivity contribution in [1.82, 2.24) is 14.8 Å². The Labute approximate surface area is 132 Å². The minimum absolute atomic E-state index is 0.0415. The van der Waals surface area contributed by atoms with E-state index in [0.717, 1.165) is 5.56 Å². The highest BCUT2D eigenvalue weighted by molar-refractivity contribution is 5.90. The summed E-state index contributed by atoms with van der Waals surface area (Å²) in [4.78, 5) is 15.6. The number of carboxylic acids is 1. The molecule has 23 heavy (non-hydrogen) atoms. The van der Waals surface area contributed by atoms with Gasteiger partial charge < -0.3 is 19.9 Å². The Balaban J connectivity index is 2.19. The molecule has 0 saturated heterocycles. The first-order valence-corrected chi connectivity index (χ1v) is 6.90. The van der Waals surface area contributed by atoms with Crippen LogP contribution in [0.1, 0.15) is 17.4 Å². The third kappa shape index (κ3) is 2.59. The molecule has 2 N–H and O–H groups in total. The third-order valence-corrected chi connectivity index (χ3v) is 3.56. The maximum absolute atomic E-state index is 11.4. The molecule has 0 radical (unpaired) electrons. The fourth-order valence-corrected chi connectivity index (χ4v) is 2.52. The number of nitrogens with zero attached hydrogens (tertiary/aromatic N) is 3. The number of anilines is 1. The fourth-order valence-electron chi connectivity index (χ4n) is 2.52. The number of hydrogen-bond acceptors (Lipinski definition) is 6. The minimum atomic E-state index is -1.07. The lowest BCUT2D eigenvalue weighted by atomic mass is 10.0. The van der Waals surface area contributed by atoms with Gasteiger partial charge in [-0.2, -0.15) is 10.1 Å². The second-order valence-corrected chi connectivity index (χ2v) is 4.99. The predicted molar refractivity (Wildman–Crippen MR) is 81.8 cm³/mol. The van der Waals surface area contributed by atoms with Crippen molar-refractivity contribution in [1.29, 1.82) is 0 Å². The van der Waals surface area contributed by atoms with E-state index in [4.69, 9.17) is 9.47 Å². The number of aromatic nitrogens is 3. The molecule has 1 aliphatic rings. The Morgan fingerprint density at radius 3 is 2.78 bits per heavy atom. The van der Waals surface area contributed by atoms with Crippen LogP contribution in [0, 0.1) is 6.92 Å². The average molecular weight is 316 g/mol. The molecule has 3 rings (SSSR count). The molecule has 8 nitrogen and oxygen atoms in total. The van der Waals surface area contributed by atoms with Gasteiger partial charge in [0.2, 0.25) is 5.95 Å². The topological polar surface area (TPSA) is 98.5 Å². The van der Waals surface area contributed by atoms with Crippen LogP contribution in [-0.4, -0.2) is 40.1 Å². The van der Waals surface area contributed by atoms with Gasteiger partial charge in [-0.05, 0) is 31.2 Å². The zero-order valence-electron chi connectivity index (χ0n) is 12.9. The molecule has 0 amide bonds. The van der Waals surface area contributed by atoms with Crippen LogP contribution in [0.25, 0.3) is 0 Å². The summed E-state index contributed by atoms with van der Waals surface area (Å²) in [6.07, 6.45) is 1.57. The van der Waals surface area contributed by atoms with Gasteiger partial charge in [0.25, 0.3) is 0 Å². The summed E-state index contributed by atoms with van der Waals surface area (Å²) in [5.41, 5.74) is 0.776. The van der Waals surface area contributed by atoms with Crippen molar-refractivity contribution in [2.45, 2.75) is 13.0 Å². The number of aliphatic carboxylic acids is 1. The Hall–Kier alpha value is -3.03. The zero-order valence-corrected chi connectivity index (χ0v) is 12.9. The smallest absolute Gasteiger partial charge is 0.352 e. The quantitative estimate of drug-likeness (QED) is 0.883. The fraction of sp³-hybridized carbons (Fsp3) is 0.267. The van der Waals surface area contributed by atoms with E-state index in [2.05, 4.69) is 15.4 Å². The van der Waals surface area contributed by atoms with Crippen LogP contribution < -0.4 is 14.8 Å². The van der Waals surface area contributed by atoms with Gasteiger partial charge in [-0.1, -0.05) is 0 Å². The molecule has 0 fully saturated rings. The van der Waals surface area contributed by atoms with Gasteiger partial charge in [-0.3, -0.25) is 0 Å². The molecular formula is C15H16N4O4. The van der Waals surface area contributed by atoms with Crippen molar-refractivity contribution in [3.8, 4) is 11.5 Å². The second-order valence-electron chi connectivity index (χ2n) is 4.99. The number of nitrogens with one attached hydrogen (secondary N) is 1. The number of allylic oxidation sites excluding steroid dienone is 1. The molecule has 1 aromatic heterocycles. The normalized spacial score (nSPS) is 16.1. The monoisotopic (exact) mass is 316 g/mol. The number of fused-ring (bicyclic) bond motifs is 1. The number of rotatable bonds is 4. The standard InChI is InChI=1S/C15H16N4O4/c1-8-16-15-17-11(14(20)21)7-12(19(15)18-8)10-6-9(22-2)4-5-13(10)23-3/h4-7,12H,1-3H3,(H,20,21)(H,16,17,18). The molecular weight excluding hydrogens is 300 g/mol. The van der Waals surface area contributed by atoms with E-state index in [9.17, 15) is 9.90 Å². The van der Waals surface area contributed by atoms with Crippen LogP contribution >= 0.6 is 0 Å². The Bertz CT molecular complexity index is 797. The van der Waals surface area contributed by atoms with Gasteiger partial charge in [0.05, 0.1) is 14.2 Å². The van der Waals surface area contributed by atoms with Crippen molar-refractivity contribution in [2.24, 2.45) is 0 Å². The first-order chi connectivity index (χ1) is 11.0. The van der Waals surface area contributed by atoms with Gasteiger partial charge in [0, 0.05) is 5.56 Å². The van der Waals surface area contributed by atoms with Crippen LogP contribution in [0.5, 0.6) is 11.5 Å². The molecule has 1 aliphatic heterocycles. The maximum atomic E-state index is 11.4. The van der Waals surface area contributed by atoms with Crippen LogP contribution in [0.3, 0.4) is 0 Å². The highest BCUT2D eigenvalue weighted by Crippen LogP contribution is 2.36. The Kier molecular flexibility index (Phi) is 3.65. The molecule has 2 aromatic rings. The lowest BCUT2D eigenvalue weighted by molar-refractivity contribution is -0.132.